The number of rotatable bonds is 3. The Morgan fingerprint density at radius 1 is 1.48 bits per heavy atom. The van der Waals surface area contributed by atoms with Crippen LogP contribution in [0.1, 0.15) is 33.5 Å². The molecule has 1 amide bonds. The van der Waals surface area contributed by atoms with Crippen LogP contribution in [-0.2, 0) is 13.0 Å². The summed E-state index contributed by atoms with van der Waals surface area (Å²) in [6.45, 7) is 5.95. The largest absolute Gasteiger partial charge is 0.369 e. The Balaban J connectivity index is 1.81. The Morgan fingerprint density at radius 2 is 2.33 bits per heavy atom. The molecule has 1 N–H and O–H groups in total. The molecule has 7 heteroatoms. The predicted molar refractivity (Wildman–Crippen MR) is 81.5 cm³/mol. The molecule has 0 saturated carbocycles. The lowest BCUT2D eigenvalue weighted by Gasteiger charge is -2.27. The molecule has 1 aliphatic rings. The number of anilines is 1. The van der Waals surface area contributed by atoms with E-state index >= 15 is 0 Å². The molecule has 21 heavy (non-hydrogen) atoms. The fourth-order valence-corrected chi connectivity index (χ4v) is 3.19. The maximum Gasteiger partial charge on any atom is 0.266 e. The second-order valence-corrected chi connectivity index (χ2v) is 5.83. The zero-order chi connectivity index (χ0) is 14.8. The smallest absolute Gasteiger partial charge is 0.266 e. The number of nitrogens with zero attached hydrogens (tertiary/aromatic N) is 4. The highest BCUT2D eigenvalue weighted by Crippen LogP contribution is 2.22. The van der Waals surface area contributed by atoms with Gasteiger partial charge in [0.15, 0.2) is 0 Å². The van der Waals surface area contributed by atoms with Crippen molar-refractivity contribution in [2.24, 2.45) is 0 Å². The summed E-state index contributed by atoms with van der Waals surface area (Å²) in [5, 5.41) is 11.5. The summed E-state index contributed by atoms with van der Waals surface area (Å²) in [6, 6.07) is 1.99. The van der Waals surface area contributed by atoms with Gasteiger partial charge in [0.05, 0.1) is 16.9 Å². The highest BCUT2D eigenvalue weighted by molar-refractivity contribution is 7.11. The first-order valence-electron chi connectivity index (χ1n) is 6.97. The first-order chi connectivity index (χ1) is 10.2. The molecule has 0 aromatic carbocycles. The maximum atomic E-state index is 12.5. The Morgan fingerprint density at radius 3 is 3.05 bits per heavy atom. The molecule has 0 spiro atoms. The van der Waals surface area contributed by atoms with Gasteiger partial charge in [-0.15, -0.1) is 16.4 Å². The van der Waals surface area contributed by atoms with Crippen molar-refractivity contribution >= 4 is 23.1 Å². The fraction of sp³-hybridized carbons (Fsp3) is 0.429. The Hall–Kier alpha value is -2.02. The van der Waals surface area contributed by atoms with Gasteiger partial charge in [-0.05, 0) is 25.5 Å². The SMILES string of the molecule is CCNc1cc2c(nn1)CCN(C(=O)c1scnc1C)C2. The summed E-state index contributed by atoms with van der Waals surface area (Å²) in [6.07, 6.45) is 0.748. The number of aryl methyl sites for hydroxylation is 1. The van der Waals surface area contributed by atoms with Crippen LogP contribution < -0.4 is 5.32 Å². The van der Waals surface area contributed by atoms with Gasteiger partial charge in [-0.1, -0.05) is 0 Å². The number of hydrogen-bond donors (Lipinski definition) is 1. The number of hydrogen-bond acceptors (Lipinski definition) is 6. The van der Waals surface area contributed by atoms with E-state index in [2.05, 4.69) is 20.5 Å². The molecule has 0 atom stereocenters. The second-order valence-electron chi connectivity index (χ2n) is 4.98. The highest BCUT2D eigenvalue weighted by atomic mass is 32.1. The number of carbonyl (C=O) groups is 1. The molecule has 0 saturated heterocycles. The number of amides is 1. The Bertz CT molecular complexity index is 669. The quantitative estimate of drug-likeness (QED) is 0.937. The van der Waals surface area contributed by atoms with Crippen molar-refractivity contribution in [2.75, 3.05) is 18.4 Å². The number of nitrogens with one attached hydrogen (secondary N) is 1. The van der Waals surface area contributed by atoms with E-state index in [1.165, 1.54) is 11.3 Å². The molecule has 0 aliphatic carbocycles. The van der Waals surface area contributed by atoms with Crippen LogP contribution in [0, 0.1) is 6.92 Å². The summed E-state index contributed by atoms with van der Waals surface area (Å²) in [7, 11) is 0. The van der Waals surface area contributed by atoms with E-state index in [-0.39, 0.29) is 5.91 Å². The van der Waals surface area contributed by atoms with E-state index in [0.29, 0.717) is 13.1 Å². The van der Waals surface area contributed by atoms with Gasteiger partial charge in [-0.3, -0.25) is 4.79 Å². The predicted octanol–water partition coefficient (Wildman–Crippen LogP) is 1.87. The van der Waals surface area contributed by atoms with E-state index in [1.807, 2.05) is 24.8 Å². The molecular weight excluding hydrogens is 286 g/mol. The van der Waals surface area contributed by atoms with Crippen LogP contribution in [0.15, 0.2) is 11.6 Å². The van der Waals surface area contributed by atoms with Gasteiger partial charge in [-0.25, -0.2) is 4.98 Å². The van der Waals surface area contributed by atoms with Crippen LogP contribution in [-0.4, -0.2) is 39.1 Å². The Kier molecular flexibility index (Phi) is 3.83. The summed E-state index contributed by atoms with van der Waals surface area (Å²) in [5.74, 6) is 0.821. The van der Waals surface area contributed by atoms with E-state index in [1.54, 1.807) is 5.51 Å². The lowest BCUT2D eigenvalue weighted by molar-refractivity contribution is 0.0737. The minimum Gasteiger partial charge on any atom is -0.369 e. The minimum atomic E-state index is 0.0578. The van der Waals surface area contributed by atoms with Crippen molar-refractivity contribution in [3.05, 3.63) is 33.4 Å². The third-order valence-electron chi connectivity index (χ3n) is 3.52. The molecule has 2 aromatic rings. The molecule has 0 fully saturated rings. The van der Waals surface area contributed by atoms with Crippen molar-refractivity contribution in [1.82, 2.24) is 20.1 Å². The first kappa shape index (κ1) is 13.9. The van der Waals surface area contributed by atoms with Gasteiger partial charge in [0, 0.05) is 26.1 Å². The number of carbonyl (C=O) groups excluding carboxylic acids is 1. The molecule has 0 unspecified atom stereocenters. The van der Waals surface area contributed by atoms with Crippen molar-refractivity contribution in [1.29, 1.82) is 0 Å². The molecule has 3 rings (SSSR count). The van der Waals surface area contributed by atoms with E-state index in [9.17, 15) is 4.79 Å². The van der Waals surface area contributed by atoms with Crippen LogP contribution in [0.2, 0.25) is 0 Å². The standard InChI is InChI=1S/C14H17N5OS/c1-3-15-12-6-10-7-19(5-4-11(10)17-18-12)14(20)13-9(2)16-8-21-13/h6,8H,3-5,7H2,1-2H3,(H,15,18). The Labute approximate surface area is 127 Å². The van der Waals surface area contributed by atoms with E-state index < -0.39 is 0 Å². The third-order valence-corrected chi connectivity index (χ3v) is 4.44. The highest BCUT2D eigenvalue weighted by Gasteiger charge is 2.25. The summed E-state index contributed by atoms with van der Waals surface area (Å²) >= 11 is 1.40. The van der Waals surface area contributed by atoms with Crippen LogP contribution in [0.25, 0.3) is 0 Å². The maximum absolute atomic E-state index is 12.5. The molecule has 1 aliphatic heterocycles. The topological polar surface area (TPSA) is 71.0 Å². The van der Waals surface area contributed by atoms with Gasteiger partial charge in [-0.2, -0.15) is 5.10 Å². The van der Waals surface area contributed by atoms with E-state index in [0.717, 1.165) is 40.6 Å². The van der Waals surface area contributed by atoms with Gasteiger partial charge in [0.2, 0.25) is 0 Å². The van der Waals surface area contributed by atoms with Gasteiger partial charge < -0.3 is 10.2 Å². The normalized spacial score (nSPS) is 13.9. The monoisotopic (exact) mass is 303 g/mol. The molecule has 0 bridgehead atoms. The van der Waals surface area contributed by atoms with Crippen molar-refractivity contribution in [3.63, 3.8) is 0 Å². The van der Waals surface area contributed by atoms with Gasteiger partial charge in [0.1, 0.15) is 10.7 Å². The zero-order valence-corrected chi connectivity index (χ0v) is 12.9. The molecular formula is C14H17N5OS. The van der Waals surface area contributed by atoms with Gasteiger partial charge in [0.25, 0.3) is 5.91 Å². The molecule has 3 heterocycles. The van der Waals surface area contributed by atoms with Crippen LogP contribution >= 0.6 is 11.3 Å². The average molecular weight is 303 g/mol. The number of fused-ring (bicyclic) bond motifs is 1. The lowest BCUT2D eigenvalue weighted by Crippen LogP contribution is -2.36. The molecule has 6 nitrogen and oxygen atoms in total. The fourth-order valence-electron chi connectivity index (χ4n) is 2.42. The number of aromatic nitrogens is 3. The minimum absolute atomic E-state index is 0.0578. The van der Waals surface area contributed by atoms with Crippen LogP contribution in [0.5, 0.6) is 0 Å². The van der Waals surface area contributed by atoms with Gasteiger partial charge >= 0.3 is 0 Å². The molecule has 2 aromatic heterocycles. The van der Waals surface area contributed by atoms with E-state index in [4.69, 9.17) is 0 Å². The average Bonchev–Trinajstić information content (AvgIpc) is 2.92. The van der Waals surface area contributed by atoms with Crippen LogP contribution in [0.4, 0.5) is 5.82 Å². The zero-order valence-electron chi connectivity index (χ0n) is 12.1. The first-order valence-corrected chi connectivity index (χ1v) is 7.85. The summed E-state index contributed by atoms with van der Waals surface area (Å²) in [4.78, 5) is 19.3. The van der Waals surface area contributed by atoms with Crippen molar-refractivity contribution in [2.45, 2.75) is 26.8 Å². The number of thiazole rings is 1. The summed E-state index contributed by atoms with van der Waals surface area (Å²) in [5.41, 5.74) is 4.58. The summed E-state index contributed by atoms with van der Waals surface area (Å²) < 4.78 is 0. The van der Waals surface area contributed by atoms with Crippen LogP contribution in [0.3, 0.4) is 0 Å². The van der Waals surface area contributed by atoms with Crippen molar-refractivity contribution < 1.29 is 4.79 Å². The van der Waals surface area contributed by atoms with Crippen molar-refractivity contribution in [3.8, 4) is 0 Å². The molecule has 0 radical (unpaired) electrons. The lowest BCUT2D eigenvalue weighted by atomic mass is 10.1. The molecule has 110 valence electrons. The third kappa shape index (κ3) is 2.73. The second kappa shape index (κ2) is 5.77.